The van der Waals surface area contributed by atoms with Crippen LogP contribution in [0.4, 0.5) is 4.39 Å². The van der Waals surface area contributed by atoms with Gasteiger partial charge in [-0.05, 0) is 44.3 Å². The van der Waals surface area contributed by atoms with Crippen LogP contribution in [0.1, 0.15) is 45.2 Å². The van der Waals surface area contributed by atoms with Gasteiger partial charge in [0.2, 0.25) is 0 Å². The fourth-order valence-corrected chi connectivity index (χ4v) is 3.78. The molecular weight excluding hydrogens is 263 g/mol. The molecule has 0 radical (unpaired) electrons. The van der Waals surface area contributed by atoms with Crippen LogP contribution in [0.3, 0.4) is 0 Å². The summed E-state index contributed by atoms with van der Waals surface area (Å²) in [5, 5.41) is 3.31. The number of likely N-dealkylation sites (tertiary alicyclic amines) is 1. The quantitative estimate of drug-likeness (QED) is 0.857. The average Bonchev–Trinajstić information content (AvgIpc) is 2.90. The highest BCUT2D eigenvalue weighted by molar-refractivity contribution is 5.21. The lowest BCUT2D eigenvalue weighted by Crippen LogP contribution is -2.39. The minimum Gasteiger partial charge on any atom is -0.313 e. The first-order valence-electron chi connectivity index (χ1n) is 8.20. The lowest BCUT2D eigenvalue weighted by molar-refractivity contribution is 0.166. The van der Waals surface area contributed by atoms with Crippen molar-refractivity contribution < 1.29 is 4.39 Å². The van der Waals surface area contributed by atoms with E-state index in [4.69, 9.17) is 0 Å². The number of halogens is 1. The highest BCUT2D eigenvalue weighted by Gasteiger charge is 2.30. The van der Waals surface area contributed by atoms with Gasteiger partial charge in [-0.2, -0.15) is 0 Å². The monoisotopic (exact) mass is 292 g/mol. The smallest absolute Gasteiger partial charge is 0.127 e. The van der Waals surface area contributed by atoms with Gasteiger partial charge in [-0.15, -0.1) is 0 Å². The first-order valence-corrected chi connectivity index (χ1v) is 8.20. The highest BCUT2D eigenvalue weighted by atomic mass is 19.1. The Balaban J connectivity index is 2.07. The summed E-state index contributed by atoms with van der Waals surface area (Å²) in [6.07, 6.45) is 2.59. The van der Waals surface area contributed by atoms with E-state index in [-0.39, 0.29) is 11.9 Å². The lowest BCUT2D eigenvalue weighted by Gasteiger charge is -2.33. The van der Waals surface area contributed by atoms with Crippen LogP contribution < -0.4 is 5.32 Å². The summed E-state index contributed by atoms with van der Waals surface area (Å²) < 4.78 is 14.1. The molecule has 21 heavy (non-hydrogen) atoms. The molecule has 0 spiro atoms. The molecule has 1 N–H and O–H groups in total. The van der Waals surface area contributed by atoms with Gasteiger partial charge in [0.05, 0.1) is 0 Å². The van der Waals surface area contributed by atoms with Crippen molar-refractivity contribution in [2.45, 2.75) is 45.7 Å². The van der Waals surface area contributed by atoms with Crippen molar-refractivity contribution >= 4 is 0 Å². The van der Waals surface area contributed by atoms with Crippen molar-refractivity contribution in [3.63, 3.8) is 0 Å². The van der Waals surface area contributed by atoms with Crippen LogP contribution in [-0.2, 0) is 0 Å². The van der Waals surface area contributed by atoms with Crippen molar-refractivity contribution in [3.8, 4) is 0 Å². The van der Waals surface area contributed by atoms with Gasteiger partial charge in [0, 0.05) is 24.2 Å². The standard InChI is InChI=1S/C18H29FN2/c1-13(2)17-10-7-11-21(17)12-14(3)18(20-4)15-8-5-6-9-16(15)19/h5-6,8-9,13-14,17-18,20H,7,10-12H2,1-4H3. The zero-order chi connectivity index (χ0) is 15.4. The van der Waals surface area contributed by atoms with E-state index in [1.54, 1.807) is 12.1 Å². The molecule has 0 saturated carbocycles. The van der Waals surface area contributed by atoms with Gasteiger partial charge in [0.15, 0.2) is 0 Å². The van der Waals surface area contributed by atoms with E-state index in [1.807, 2.05) is 19.2 Å². The Morgan fingerprint density at radius 2 is 2.00 bits per heavy atom. The molecule has 1 saturated heterocycles. The fourth-order valence-electron chi connectivity index (χ4n) is 3.78. The largest absolute Gasteiger partial charge is 0.313 e. The predicted molar refractivity (Wildman–Crippen MR) is 86.8 cm³/mol. The van der Waals surface area contributed by atoms with Crippen molar-refractivity contribution in [1.82, 2.24) is 10.2 Å². The van der Waals surface area contributed by atoms with Gasteiger partial charge in [-0.3, -0.25) is 4.90 Å². The number of hydrogen-bond donors (Lipinski definition) is 1. The lowest BCUT2D eigenvalue weighted by atomic mass is 9.92. The molecule has 1 aliphatic heterocycles. The molecule has 1 aromatic carbocycles. The van der Waals surface area contributed by atoms with Crippen LogP contribution >= 0.6 is 0 Å². The number of benzene rings is 1. The van der Waals surface area contributed by atoms with Crippen LogP contribution in [-0.4, -0.2) is 31.1 Å². The summed E-state index contributed by atoms with van der Waals surface area (Å²) in [5.41, 5.74) is 0.785. The maximum absolute atomic E-state index is 14.1. The summed E-state index contributed by atoms with van der Waals surface area (Å²) in [6.45, 7) is 9.05. The number of hydrogen-bond acceptors (Lipinski definition) is 2. The first-order chi connectivity index (χ1) is 10.0. The molecule has 0 aromatic heterocycles. The molecule has 3 heteroatoms. The zero-order valence-electron chi connectivity index (χ0n) is 13.8. The fraction of sp³-hybridized carbons (Fsp3) is 0.667. The average molecular weight is 292 g/mol. The molecule has 2 nitrogen and oxygen atoms in total. The summed E-state index contributed by atoms with van der Waals surface area (Å²) in [7, 11) is 1.93. The molecule has 1 aliphatic rings. The Morgan fingerprint density at radius 1 is 1.29 bits per heavy atom. The zero-order valence-corrected chi connectivity index (χ0v) is 13.8. The Labute approximate surface area is 128 Å². The molecule has 118 valence electrons. The molecule has 0 bridgehead atoms. The van der Waals surface area contributed by atoms with Crippen molar-refractivity contribution in [2.24, 2.45) is 11.8 Å². The van der Waals surface area contributed by atoms with Crippen LogP contribution in [0.15, 0.2) is 24.3 Å². The third-order valence-corrected chi connectivity index (χ3v) is 4.83. The summed E-state index contributed by atoms with van der Waals surface area (Å²) >= 11 is 0. The maximum Gasteiger partial charge on any atom is 0.127 e. The molecule has 2 rings (SSSR count). The van der Waals surface area contributed by atoms with Crippen LogP contribution in [0, 0.1) is 17.7 Å². The van der Waals surface area contributed by atoms with Gasteiger partial charge in [-0.1, -0.05) is 39.0 Å². The molecule has 0 amide bonds. The number of nitrogens with zero attached hydrogens (tertiary/aromatic N) is 1. The second-order valence-corrected chi connectivity index (χ2v) is 6.71. The molecule has 1 fully saturated rings. The van der Waals surface area contributed by atoms with E-state index < -0.39 is 0 Å². The van der Waals surface area contributed by atoms with Gasteiger partial charge in [-0.25, -0.2) is 4.39 Å². The summed E-state index contributed by atoms with van der Waals surface area (Å²) in [6, 6.07) is 7.88. The predicted octanol–water partition coefficient (Wildman–Crippen LogP) is 3.84. The second kappa shape index (κ2) is 7.37. The van der Waals surface area contributed by atoms with Gasteiger partial charge in [0.25, 0.3) is 0 Å². The summed E-state index contributed by atoms with van der Waals surface area (Å²) in [5.74, 6) is 0.970. The molecular formula is C18H29FN2. The minimum atomic E-state index is -0.106. The Kier molecular flexibility index (Phi) is 5.77. The topological polar surface area (TPSA) is 15.3 Å². The third kappa shape index (κ3) is 3.83. The van der Waals surface area contributed by atoms with E-state index in [9.17, 15) is 4.39 Å². The van der Waals surface area contributed by atoms with E-state index >= 15 is 0 Å². The van der Waals surface area contributed by atoms with Crippen molar-refractivity contribution in [2.75, 3.05) is 20.1 Å². The summed E-state index contributed by atoms with van der Waals surface area (Å²) in [4.78, 5) is 2.60. The van der Waals surface area contributed by atoms with E-state index in [0.29, 0.717) is 17.9 Å². The number of nitrogens with one attached hydrogen (secondary N) is 1. The maximum atomic E-state index is 14.1. The van der Waals surface area contributed by atoms with Crippen LogP contribution in [0.25, 0.3) is 0 Å². The van der Waals surface area contributed by atoms with Crippen LogP contribution in [0.5, 0.6) is 0 Å². The normalized spacial score (nSPS) is 22.7. The van der Waals surface area contributed by atoms with E-state index in [2.05, 4.69) is 31.0 Å². The Bertz CT molecular complexity index is 447. The van der Waals surface area contributed by atoms with Gasteiger partial charge in [0.1, 0.15) is 5.82 Å². The molecule has 1 heterocycles. The SMILES string of the molecule is CNC(c1ccccc1F)C(C)CN1CCCC1C(C)C. The first kappa shape index (κ1) is 16.4. The van der Waals surface area contributed by atoms with Gasteiger partial charge < -0.3 is 5.32 Å². The molecule has 3 unspecified atom stereocenters. The van der Waals surface area contributed by atoms with Crippen LogP contribution in [0.2, 0.25) is 0 Å². The van der Waals surface area contributed by atoms with E-state index in [1.165, 1.54) is 19.4 Å². The molecule has 1 aromatic rings. The highest BCUT2D eigenvalue weighted by Crippen LogP contribution is 2.29. The van der Waals surface area contributed by atoms with Gasteiger partial charge >= 0.3 is 0 Å². The van der Waals surface area contributed by atoms with E-state index in [0.717, 1.165) is 12.1 Å². The molecule has 0 aliphatic carbocycles. The third-order valence-electron chi connectivity index (χ3n) is 4.83. The minimum absolute atomic E-state index is 0.0691. The van der Waals surface area contributed by atoms with Crippen molar-refractivity contribution in [1.29, 1.82) is 0 Å². The molecule has 3 atom stereocenters. The Morgan fingerprint density at radius 3 is 2.62 bits per heavy atom. The second-order valence-electron chi connectivity index (χ2n) is 6.71. The Hall–Kier alpha value is -0.930. The number of rotatable bonds is 6. The van der Waals surface area contributed by atoms with Crippen molar-refractivity contribution in [3.05, 3.63) is 35.6 Å².